The van der Waals surface area contributed by atoms with E-state index in [9.17, 15) is 16.8 Å². The Balaban J connectivity index is 1.67. The summed E-state index contributed by atoms with van der Waals surface area (Å²) in [5.41, 5.74) is 0.877. The molecule has 26 heavy (non-hydrogen) atoms. The Hall–Kier alpha value is -1.04. The fourth-order valence-corrected chi connectivity index (χ4v) is 6.35. The van der Waals surface area contributed by atoms with Crippen molar-refractivity contribution in [3.8, 4) is 0 Å². The Labute approximate surface area is 156 Å². The highest BCUT2D eigenvalue weighted by atomic mass is 32.2. The summed E-state index contributed by atoms with van der Waals surface area (Å²) in [7, 11) is -5.15. The molecule has 0 amide bonds. The molecule has 2 heterocycles. The zero-order valence-corrected chi connectivity index (χ0v) is 16.8. The maximum atomic E-state index is 12.8. The molecule has 1 aromatic rings. The Morgan fingerprint density at radius 1 is 0.769 bits per heavy atom. The maximum absolute atomic E-state index is 12.8. The molecule has 2 aliphatic rings. The Bertz CT molecular complexity index is 841. The van der Waals surface area contributed by atoms with Crippen molar-refractivity contribution in [2.75, 3.05) is 59.4 Å². The lowest BCUT2D eigenvalue weighted by atomic mass is 10.2. The third kappa shape index (κ3) is 3.95. The van der Waals surface area contributed by atoms with Gasteiger partial charge in [-0.15, -0.1) is 0 Å². The van der Waals surface area contributed by atoms with Crippen molar-refractivity contribution in [3.05, 3.63) is 29.8 Å². The zero-order chi connectivity index (χ0) is 18.9. The van der Waals surface area contributed by atoms with E-state index < -0.39 is 20.2 Å². The van der Waals surface area contributed by atoms with Crippen molar-refractivity contribution in [1.29, 1.82) is 0 Å². The van der Waals surface area contributed by atoms with Crippen molar-refractivity contribution >= 4 is 20.2 Å². The number of aryl methyl sites for hydroxylation is 1. The number of piperazine rings is 2. The minimum Gasteiger partial charge on any atom is -0.304 e. The molecule has 0 aromatic heterocycles. The van der Waals surface area contributed by atoms with E-state index in [-0.39, 0.29) is 31.1 Å². The molecule has 2 saturated heterocycles. The minimum atomic E-state index is -3.59. The fourth-order valence-electron chi connectivity index (χ4n) is 3.25. The SMILES string of the molecule is Cc1cccc(S(=O)(=O)N2CCN(S(=O)(=O)N3CCN(C)CC3)CC2)c1. The normalized spacial score (nSPS) is 22.5. The molecule has 3 rings (SSSR count). The second-order valence-corrected chi connectivity index (χ2v) is 10.7. The Kier molecular flexibility index (Phi) is 5.71. The van der Waals surface area contributed by atoms with Crippen molar-refractivity contribution in [3.63, 3.8) is 0 Å². The van der Waals surface area contributed by atoms with Gasteiger partial charge in [0.1, 0.15) is 0 Å². The molecule has 0 radical (unpaired) electrons. The summed E-state index contributed by atoms with van der Waals surface area (Å²) in [5, 5.41) is 0. The average Bonchev–Trinajstić information content (AvgIpc) is 2.62. The summed E-state index contributed by atoms with van der Waals surface area (Å²) in [6, 6.07) is 6.79. The smallest absolute Gasteiger partial charge is 0.282 e. The van der Waals surface area contributed by atoms with E-state index in [1.807, 2.05) is 20.0 Å². The lowest BCUT2D eigenvalue weighted by molar-refractivity contribution is 0.201. The van der Waals surface area contributed by atoms with E-state index in [1.165, 1.54) is 12.9 Å². The van der Waals surface area contributed by atoms with Gasteiger partial charge < -0.3 is 4.90 Å². The van der Waals surface area contributed by atoms with Gasteiger partial charge in [-0.2, -0.15) is 21.3 Å². The summed E-state index contributed by atoms with van der Waals surface area (Å²) in [5.74, 6) is 0. The van der Waals surface area contributed by atoms with Gasteiger partial charge in [-0.05, 0) is 31.7 Å². The van der Waals surface area contributed by atoms with E-state index in [0.717, 1.165) is 5.56 Å². The molecule has 0 N–H and O–H groups in total. The van der Waals surface area contributed by atoms with E-state index in [1.54, 1.807) is 18.2 Å². The molecule has 2 aliphatic heterocycles. The van der Waals surface area contributed by atoms with Crippen LogP contribution < -0.4 is 0 Å². The first-order valence-electron chi connectivity index (χ1n) is 8.72. The number of nitrogens with zero attached hydrogens (tertiary/aromatic N) is 4. The second-order valence-electron chi connectivity index (χ2n) is 6.83. The third-order valence-electron chi connectivity index (χ3n) is 4.94. The van der Waals surface area contributed by atoms with Crippen LogP contribution in [0.4, 0.5) is 0 Å². The standard InChI is InChI=1S/C16H26N4O4S2/c1-15-4-3-5-16(14-15)25(21,22)18-10-12-20(13-11-18)26(23,24)19-8-6-17(2)7-9-19/h3-5,14H,6-13H2,1-2H3. The highest BCUT2D eigenvalue weighted by Crippen LogP contribution is 2.21. The maximum Gasteiger partial charge on any atom is 0.282 e. The first-order valence-corrected chi connectivity index (χ1v) is 11.6. The lowest BCUT2D eigenvalue weighted by Crippen LogP contribution is -2.57. The Morgan fingerprint density at radius 3 is 1.81 bits per heavy atom. The van der Waals surface area contributed by atoms with Crippen LogP contribution in [0.5, 0.6) is 0 Å². The number of rotatable bonds is 4. The van der Waals surface area contributed by atoms with Crippen LogP contribution >= 0.6 is 0 Å². The molecular weight excluding hydrogens is 376 g/mol. The zero-order valence-electron chi connectivity index (χ0n) is 15.2. The van der Waals surface area contributed by atoms with Crippen LogP contribution in [0, 0.1) is 6.92 Å². The van der Waals surface area contributed by atoms with Gasteiger partial charge in [-0.1, -0.05) is 12.1 Å². The second kappa shape index (κ2) is 7.53. The lowest BCUT2D eigenvalue weighted by Gasteiger charge is -2.38. The predicted octanol–water partition coefficient (Wildman–Crippen LogP) is -0.206. The molecule has 0 unspecified atom stereocenters. The molecule has 0 aliphatic carbocycles. The van der Waals surface area contributed by atoms with Crippen LogP contribution in [-0.2, 0) is 20.2 Å². The van der Waals surface area contributed by atoms with Gasteiger partial charge in [0, 0.05) is 52.4 Å². The van der Waals surface area contributed by atoms with Crippen molar-refractivity contribution in [2.45, 2.75) is 11.8 Å². The van der Waals surface area contributed by atoms with E-state index >= 15 is 0 Å². The molecule has 0 atom stereocenters. The number of sulfonamides is 1. The molecule has 0 saturated carbocycles. The largest absolute Gasteiger partial charge is 0.304 e. The number of likely N-dealkylation sites (N-methyl/N-ethyl adjacent to an activating group) is 1. The van der Waals surface area contributed by atoms with Crippen LogP contribution in [0.3, 0.4) is 0 Å². The van der Waals surface area contributed by atoms with Crippen LogP contribution in [0.2, 0.25) is 0 Å². The van der Waals surface area contributed by atoms with Gasteiger partial charge in [-0.3, -0.25) is 0 Å². The quantitative estimate of drug-likeness (QED) is 0.696. The van der Waals surface area contributed by atoms with E-state index in [2.05, 4.69) is 4.90 Å². The van der Waals surface area contributed by atoms with Gasteiger partial charge in [0.2, 0.25) is 10.0 Å². The van der Waals surface area contributed by atoms with Crippen molar-refractivity contribution in [2.24, 2.45) is 0 Å². The molecule has 8 nitrogen and oxygen atoms in total. The van der Waals surface area contributed by atoms with Gasteiger partial charge in [-0.25, -0.2) is 8.42 Å². The molecule has 1 aromatic carbocycles. The molecule has 10 heteroatoms. The number of hydrogen-bond acceptors (Lipinski definition) is 5. The first-order chi connectivity index (χ1) is 12.2. The monoisotopic (exact) mass is 402 g/mol. The van der Waals surface area contributed by atoms with Crippen LogP contribution in [0.25, 0.3) is 0 Å². The van der Waals surface area contributed by atoms with Gasteiger partial charge in [0.25, 0.3) is 10.2 Å². The van der Waals surface area contributed by atoms with Crippen LogP contribution in [-0.4, -0.2) is 94.1 Å². The summed E-state index contributed by atoms with van der Waals surface area (Å²) >= 11 is 0. The fraction of sp³-hybridized carbons (Fsp3) is 0.625. The molecule has 2 fully saturated rings. The first kappa shape index (κ1) is 19.7. The average molecular weight is 403 g/mol. The topological polar surface area (TPSA) is 81.2 Å². The molecule has 0 bridgehead atoms. The summed E-state index contributed by atoms with van der Waals surface area (Å²) in [4.78, 5) is 2.35. The van der Waals surface area contributed by atoms with Gasteiger partial charge in [0.05, 0.1) is 4.90 Å². The predicted molar refractivity (Wildman–Crippen MR) is 99.5 cm³/mol. The molecule has 146 valence electrons. The summed E-state index contributed by atoms with van der Waals surface area (Å²) in [6.45, 7) is 4.91. The van der Waals surface area contributed by atoms with Crippen LogP contribution in [0.1, 0.15) is 5.56 Å². The highest BCUT2D eigenvalue weighted by Gasteiger charge is 2.36. The molecule has 0 spiro atoms. The summed E-state index contributed by atoms with van der Waals surface area (Å²) < 4.78 is 55.4. The van der Waals surface area contributed by atoms with E-state index in [0.29, 0.717) is 26.2 Å². The van der Waals surface area contributed by atoms with Crippen molar-refractivity contribution in [1.82, 2.24) is 17.8 Å². The minimum absolute atomic E-state index is 0.170. The van der Waals surface area contributed by atoms with Gasteiger partial charge >= 0.3 is 0 Å². The van der Waals surface area contributed by atoms with Crippen molar-refractivity contribution < 1.29 is 16.8 Å². The number of benzene rings is 1. The highest BCUT2D eigenvalue weighted by molar-refractivity contribution is 7.89. The van der Waals surface area contributed by atoms with Gasteiger partial charge in [0.15, 0.2) is 0 Å². The van der Waals surface area contributed by atoms with E-state index in [4.69, 9.17) is 0 Å². The Morgan fingerprint density at radius 2 is 1.27 bits per heavy atom. The van der Waals surface area contributed by atoms with Crippen LogP contribution in [0.15, 0.2) is 29.2 Å². The summed E-state index contributed by atoms with van der Waals surface area (Å²) in [6.07, 6.45) is 0. The third-order valence-corrected chi connectivity index (χ3v) is 8.87. The molecular formula is C16H26N4O4S2. The number of hydrogen-bond donors (Lipinski definition) is 0.